The molecule has 1 saturated heterocycles. The Morgan fingerprint density at radius 2 is 2.04 bits per heavy atom. The second-order valence-electron chi connectivity index (χ2n) is 6.30. The Kier molecular flexibility index (Phi) is 6.57. The molecule has 1 aromatic carbocycles. The molecule has 1 aliphatic heterocycles. The third-order valence-corrected chi connectivity index (χ3v) is 4.20. The predicted octanol–water partition coefficient (Wildman–Crippen LogP) is 1.06. The minimum absolute atomic E-state index is 0.0521. The molecule has 1 aromatic rings. The molecule has 0 bridgehead atoms. The van der Waals surface area contributed by atoms with E-state index in [9.17, 15) is 19.8 Å². The van der Waals surface area contributed by atoms with Crippen LogP contribution >= 0.6 is 0 Å². The van der Waals surface area contributed by atoms with E-state index in [2.05, 4.69) is 22.2 Å². The van der Waals surface area contributed by atoms with Gasteiger partial charge in [0, 0.05) is 37.8 Å². The number of carbonyl (C=O) groups excluding carboxylic acids is 1. The number of phenolic OH excluding ortho intramolecular Hbond substituents is 1. The van der Waals surface area contributed by atoms with Crippen LogP contribution in [0.15, 0.2) is 24.3 Å². The third-order valence-electron chi connectivity index (χ3n) is 4.20. The summed E-state index contributed by atoms with van der Waals surface area (Å²) < 4.78 is 0. The largest absolute Gasteiger partial charge is 0.508 e. The van der Waals surface area contributed by atoms with Crippen LogP contribution in [-0.4, -0.2) is 71.7 Å². The van der Waals surface area contributed by atoms with Crippen LogP contribution in [0.2, 0.25) is 0 Å². The number of likely N-dealkylation sites (N-methyl/N-ethyl adjacent to an activating group) is 1. The Hall–Kier alpha value is -2.12. The maximum absolute atomic E-state index is 12.1. The number of hydrogen-bond acceptors (Lipinski definition) is 5. The fourth-order valence-corrected chi connectivity index (χ4v) is 2.84. The Labute approximate surface area is 141 Å². The highest BCUT2D eigenvalue weighted by Gasteiger charge is 2.25. The lowest BCUT2D eigenvalue weighted by Gasteiger charge is -2.23. The highest BCUT2D eigenvalue weighted by Crippen LogP contribution is 2.17. The fraction of sp³-hybridized carbons (Fsp3) is 0.529. The van der Waals surface area contributed by atoms with Gasteiger partial charge in [-0.1, -0.05) is 6.07 Å². The van der Waals surface area contributed by atoms with Crippen LogP contribution in [0.3, 0.4) is 0 Å². The number of aromatic hydroxyl groups is 1. The SMILES string of the molecule is CN1CCCN(C[C@H](CC(=O)Nc2cccc(O)c2)C(=O)O)CC1. The molecule has 0 unspecified atom stereocenters. The van der Waals surface area contributed by atoms with E-state index in [1.165, 1.54) is 12.1 Å². The van der Waals surface area contributed by atoms with Gasteiger partial charge < -0.3 is 25.3 Å². The summed E-state index contributed by atoms with van der Waals surface area (Å²) in [5.74, 6) is -2.01. The van der Waals surface area contributed by atoms with E-state index in [4.69, 9.17) is 0 Å². The van der Waals surface area contributed by atoms with Crippen LogP contribution < -0.4 is 5.32 Å². The second-order valence-corrected chi connectivity index (χ2v) is 6.30. The van der Waals surface area contributed by atoms with E-state index in [1.54, 1.807) is 12.1 Å². The minimum Gasteiger partial charge on any atom is -0.508 e. The number of benzene rings is 1. The van der Waals surface area contributed by atoms with Crippen molar-refractivity contribution in [1.29, 1.82) is 0 Å². The van der Waals surface area contributed by atoms with Gasteiger partial charge in [-0.05, 0) is 38.7 Å². The Morgan fingerprint density at radius 1 is 1.25 bits per heavy atom. The molecular formula is C17H25N3O4. The molecule has 2 rings (SSSR count). The average Bonchev–Trinajstić information content (AvgIpc) is 2.71. The maximum Gasteiger partial charge on any atom is 0.308 e. The molecular weight excluding hydrogens is 310 g/mol. The van der Waals surface area contributed by atoms with E-state index in [1.807, 2.05) is 0 Å². The van der Waals surface area contributed by atoms with E-state index in [0.29, 0.717) is 12.2 Å². The first-order chi connectivity index (χ1) is 11.4. The number of nitrogens with zero attached hydrogens (tertiary/aromatic N) is 2. The Balaban J connectivity index is 1.90. The summed E-state index contributed by atoms with van der Waals surface area (Å²) in [6.45, 7) is 3.95. The van der Waals surface area contributed by atoms with Crippen molar-refractivity contribution in [3.63, 3.8) is 0 Å². The number of carboxylic acid groups (broad SMARTS) is 1. The molecule has 0 saturated carbocycles. The summed E-state index contributed by atoms with van der Waals surface area (Å²) in [5.41, 5.74) is 0.459. The summed E-state index contributed by atoms with van der Waals surface area (Å²) in [6, 6.07) is 6.20. The summed E-state index contributed by atoms with van der Waals surface area (Å²) in [4.78, 5) is 28.0. The normalized spacial score (nSPS) is 17.9. The molecule has 1 amide bonds. The van der Waals surface area contributed by atoms with Crippen LogP contribution in [0.5, 0.6) is 5.75 Å². The summed E-state index contributed by atoms with van der Waals surface area (Å²) in [6.07, 6.45) is 0.912. The molecule has 1 fully saturated rings. The van der Waals surface area contributed by atoms with Crippen LogP contribution in [0.25, 0.3) is 0 Å². The van der Waals surface area contributed by atoms with Crippen molar-refractivity contribution in [3.8, 4) is 5.75 Å². The lowest BCUT2D eigenvalue weighted by atomic mass is 10.0. The number of anilines is 1. The maximum atomic E-state index is 12.1. The van der Waals surface area contributed by atoms with E-state index in [0.717, 1.165) is 32.6 Å². The quantitative estimate of drug-likeness (QED) is 0.720. The van der Waals surface area contributed by atoms with Crippen LogP contribution in [0.1, 0.15) is 12.8 Å². The minimum atomic E-state index is -0.960. The van der Waals surface area contributed by atoms with Gasteiger partial charge >= 0.3 is 5.97 Å². The molecule has 0 spiro atoms. The standard InChI is InChI=1S/C17H25N3O4/c1-19-6-3-7-20(9-8-19)12-13(17(23)24)10-16(22)18-14-4-2-5-15(21)11-14/h2,4-5,11,13,21H,3,6-10,12H2,1H3,(H,18,22)(H,23,24)/t13-/m0/s1. The zero-order valence-corrected chi connectivity index (χ0v) is 13.9. The summed E-state index contributed by atoms with van der Waals surface area (Å²) in [7, 11) is 2.06. The van der Waals surface area contributed by atoms with Crippen molar-refractivity contribution in [2.75, 3.05) is 45.1 Å². The molecule has 1 aliphatic rings. The van der Waals surface area contributed by atoms with Crippen molar-refractivity contribution in [2.45, 2.75) is 12.8 Å². The molecule has 1 atom stereocenters. The third kappa shape index (κ3) is 5.82. The molecule has 24 heavy (non-hydrogen) atoms. The van der Waals surface area contributed by atoms with Gasteiger partial charge in [0.25, 0.3) is 0 Å². The number of phenols is 1. The fourth-order valence-electron chi connectivity index (χ4n) is 2.84. The Bertz CT molecular complexity index is 579. The molecule has 7 heteroatoms. The van der Waals surface area contributed by atoms with Gasteiger partial charge in [0.2, 0.25) is 5.91 Å². The van der Waals surface area contributed by atoms with Gasteiger partial charge in [-0.2, -0.15) is 0 Å². The number of aliphatic carboxylic acids is 1. The van der Waals surface area contributed by atoms with Crippen LogP contribution in [-0.2, 0) is 9.59 Å². The molecule has 1 heterocycles. The zero-order chi connectivity index (χ0) is 17.5. The first-order valence-corrected chi connectivity index (χ1v) is 8.16. The molecule has 0 aliphatic carbocycles. The van der Waals surface area contributed by atoms with Crippen LogP contribution in [0.4, 0.5) is 5.69 Å². The number of amides is 1. The highest BCUT2D eigenvalue weighted by molar-refractivity contribution is 5.93. The molecule has 0 aromatic heterocycles. The van der Waals surface area contributed by atoms with E-state index in [-0.39, 0.29) is 18.1 Å². The van der Waals surface area contributed by atoms with Crippen molar-refractivity contribution in [3.05, 3.63) is 24.3 Å². The van der Waals surface area contributed by atoms with Crippen molar-refractivity contribution in [1.82, 2.24) is 9.80 Å². The smallest absolute Gasteiger partial charge is 0.308 e. The first-order valence-electron chi connectivity index (χ1n) is 8.16. The lowest BCUT2D eigenvalue weighted by molar-refractivity contribution is -0.144. The van der Waals surface area contributed by atoms with Gasteiger partial charge in [0.15, 0.2) is 0 Å². The number of rotatable bonds is 6. The van der Waals surface area contributed by atoms with Gasteiger partial charge in [0.05, 0.1) is 5.92 Å². The monoisotopic (exact) mass is 335 g/mol. The van der Waals surface area contributed by atoms with Crippen LogP contribution in [0, 0.1) is 5.92 Å². The predicted molar refractivity (Wildman–Crippen MR) is 91.0 cm³/mol. The molecule has 132 valence electrons. The molecule has 0 radical (unpaired) electrons. The van der Waals surface area contributed by atoms with E-state index >= 15 is 0 Å². The van der Waals surface area contributed by atoms with Crippen molar-refractivity contribution in [2.24, 2.45) is 5.92 Å². The molecule has 7 nitrogen and oxygen atoms in total. The van der Waals surface area contributed by atoms with Gasteiger partial charge in [-0.3, -0.25) is 9.59 Å². The van der Waals surface area contributed by atoms with Crippen molar-refractivity contribution >= 4 is 17.6 Å². The van der Waals surface area contributed by atoms with Gasteiger partial charge in [0.1, 0.15) is 5.75 Å². The lowest BCUT2D eigenvalue weighted by Crippen LogP contribution is -2.37. The number of carbonyl (C=O) groups is 2. The zero-order valence-electron chi connectivity index (χ0n) is 13.9. The highest BCUT2D eigenvalue weighted by atomic mass is 16.4. The van der Waals surface area contributed by atoms with E-state index < -0.39 is 11.9 Å². The molecule has 3 N–H and O–H groups in total. The second kappa shape index (κ2) is 8.65. The van der Waals surface area contributed by atoms with Gasteiger partial charge in [-0.25, -0.2) is 0 Å². The summed E-state index contributed by atoms with van der Waals surface area (Å²) in [5, 5.41) is 21.5. The number of nitrogens with one attached hydrogen (secondary N) is 1. The topological polar surface area (TPSA) is 93.1 Å². The number of hydrogen-bond donors (Lipinski definition) is 3. The number of carboxylic acids is 1. The van der Waals surface area contributed by atoms with Crippen molar-refractivity contribution < 1.29 is 19.8 Å². The van der Waals surface area contributed by atoms with Gasteiger partial charge in [-0.15, -0.1) is 0 Å². The Morgan fingerprint density at radius 3 is 2.75 bits per heavy atom. The first kappa shape index (κ1) is 18.2. The average molecular weight is 335 g/mol. The summed E-state index contributed by atoms with van der Waals surface area (Å²) >= 11 is 0.